The molecule has 7 unspecified atom stereocenters. The van der Waals surface area contributed by atoms with E-state index in [1.165, 1.54) is 173 Å². The summed E-state index contributed by atoms with van der Waals surface area (Å²) in [4.78, 5) is 12.8. The van der Waals surface area contributed by atoms with Gasteiger partial charge in [-0.25, -0.2) is 0 Å². The number of hydrogen-bond donors (Lipinski definition) is 0. The van der Waals surface area contributed by atoms with Crippen molar-refractivity contribution in [2.24, 2.45) is 34.5 Å². The molecule has 2 heteroatoms. The highest BCUT2D eigenvalue weighted by Crippen LogP contribution is 2.66. The van der Waals surface area contributed by atoms with Gasteiger partial charge in [0.05, 0.1) is 0 Å². The second kappa shape index (κ2) is 20.8. The first kappa shape index (κ1) is 39.0. The van der Waals surface area contributed by atoms with Gasteiger partial charge in [-0.3, -0.25) is 4.79 Å². The van der Waals surface area contributed by atoms with E-state index in [1.807, 2.05) is 0 Å². The van der Waals surface area contributed by atoms with Gasteiger partial charge in [0.2, 0.25) is 0 Å². The van der Waals surface area contributed by atoms with Crippen molar-refractivity contribution in [2.75, 3.05) is 0 Å². The van der Waals surface area contributed by atoms with Gasteiger partial charge in [-0.15, -0.1) is 0 Å². The molecule has 3 saturated carbocycles. The molecule has 0 saturated heterocycles. The van der Waals surface area contributed by atoms with E-state index in [1.54, 1.807) is 5.57 Å². The molecule has 4 aliphatic rings. The van der Waals surface area contributed by atoms with Crippen LogP contribution in [0.4, 0.5) is 0 Å². The Bertz CT molecular complexity index is 906. The van der Waals surface area contributed by atoms with Crippen LogP contribution in [-0.4, -0.2) is 12.1 Å². The summed E-state index contributed by atoms with van der Waals surface area (Å²) in [6.07, 6.45) is 44.3. The lowest BCUT2D eigenvalue weighted by Gasteiger charge is -2.58. The monoisotopic (exact) mass is 653 g/mol. The van der Waals surface area contributed by atoms with E-state index < -0.39 is 0 Å². The van der Waals surface area contributed by atoms with Gasteiger partial charge < -0.3 is 4.74 Å². The normalized spacial score (nSPS) is 31.6. The van der Waals surface area contributed by atoms with E-state index >= 15 is 0 Å². The van der Waals surface area contributed by atoms with Crippen LogP contribution in [-0.2, 0) is 9.53 Å². The van der Waals surface area contributed by atoms with Crippen molar-refractivity contribution in [2.45, 2.75) is 233 Å². The third kappa shape index (κ3) is 11.4. The first-order valence-electron chi connectivity index (χ1n) is 21.8. The van der Waals surface area contributed by atoms with Crippen LogP contribution in [0.5, 0.6) is 0 Å². The zero-order chi connectivity index (χ0) is 33.4. The van der Waals surface area contributed by atoms with Crippen molar-refractivity contribution in [3.8, 4) is 0 Å². The standard InChI is InChI=1S/C45H80O2/c1-5-7-9-11-13-14-15-16-17-18-19-20-21-23-25-27-43(46)47-39-32-34-45(4)38(36-39)28-30-40-41-31-29-37(26-24-22-12-10-8-6-2)44(41,3)35-33-42(40)45/h28,37,39-42H,5-27,29-36H2,1-4H3. The molecule has 4 aliphatic carbocycles. The summed E-state index contributed by atoms with van der Waals surface area (Å²) in [6, 6.07) is 0. The van der Waals surface area contributed by atoms with E-state index in [9.17, 15) is 4.79 Å². The molecule has 272 valence electrons. The smallest absolute Gasteiger partial charge is 0.306 e. The van der Waals surface area contributed by atoms with Gasteiger partial charge in [-0.05, 0) is 92.3 Å². The summed E-state index contributed by atoms with van der Waals surface area (Å²) in [5, 5.41) is 0. The lowest BCUT2D eigenvalue weighted by Crippen LogP contribution is -2.50. The van der Waals surface area contributed by atoms with E-state index in [0.29, 0.717) is 17.3 Å². The number of carbonyl (C=O) groups excluding carboxylic acids is 1. The number of allylic oxidation sites excluding steroid dienone is 1. The molecule has 0 aromatic heterocycles. The Balaban J connectivity index is 1.08. The van der Waals surface area contributed by atoms with Crippen molar-refractivity contribution in [3.05, 3.63) is 11.6 Å². The number of ether oxygens (including phenoxy) is 1. The summed E-state index contributed by atoms with van der Waals surface area (Å²) in [5.41, 5.74) is 2.59. The minimum Gasteiger partial charge on any atom is -0.462 e. The minimum absolute atomic E-state index is 0.0679. The van der Waals surface area contributed by atoms with Crippen molar-refractivity contribution in [3.63, 3.8) is 0 Å². The quantitative estimate of drug-likeness (QED) is 0.0589. The summed E-state index contributed by atoms with van der Waals surface area (Å²) in [5.74, 6) is 3.72. The SMILES string of the molecule is CCCCCCCCCCCCCCCCCC(=O)OC1CCC2(C)C(=CCC3C2CCC2(C)C(CCCCCCCC)CCC32)C1. The maximum absolute atomic E-state index is 12.8. The van der Waals surface area contributed by atoms with Crippen molar-refractivity contribution < 1.29 is 9.53 Å². The van der Waals surface area contributed by atoms with Crippen molar-refractivity contribution >= 4 is 5.97 Å². The molecule has 47 heavy (non-hydrogen) atoms. The molecule has 2 nitrogen and oxygen atoms in total. The Labute approximate surface area is 293 Å². The Kier molecular flexibility index (Phi) is 17.2. The van der Waals surface area contributed by atoms with Gasteiger partial charge in [0.25, 0.3) is 0 Å². The number of hydrogen-bond acceptors (Lipinski definition) is 2. The van der Waals surface area contributed by atoms with Gasteiger partial charge in [0.1, 0.15) is 6.10 Å². The third-order valence-electron chi connectivity index (χ3n) is 14.4. The summed E-state index contributed by atoms with van der Waals surface area (Å²) >= 11 is 0. The number of esters is 1. The number of unbranched alkanes of at least 4 members (excludes halogenated alkanes) is 19. The number of rotatable bonds is 24. The average Bonchev–Trinajstić information content (AvgIpc) is 3.40. The van der Waals surface area contributed by atoms with Crippen LogP contribution in [0, 0.1) is 34.5 Å². The fourth-order valence-corrected chi connectivity index (χ4v) is 11.4. The Morgan fingerprint density at radius 1 is 0.660 bits per heavy atom. The molecule has 0 heterocycles. The molecule has 7 atom stereocenters. The molecule has 0 amide bonds. The van der Waals surface area contributed by atoms with Gasteiger partial charge in [-0.2, -0.15) is 0 Å². The van der Waals surface area contributed by atoms with Gasteiger partial charge >= 0.3 is 5.97 Å². The Hall–Kier alpha value is -0.790. The highest BCUT2D eigenvalue weighted by molar-refractivity contribution is 5.69. The zero-order valence-corrected chi connectivity index (χ0v) is 32.2. The zero-order valence-electron chi connectivity index (χ0n) is 32.2. The molecule has 0 aromatic rings. The maximum atomic E-state index is 12.8. The topological polar surface area (TPSA) is 26.3 Å². The second-order valence-corrected chi connectivity index (χ2v) is 17.7. The minimum atomic E-state index is 0.0679. The highest BCUT2D eigenvalue weighted by Gasteiger charge is 2.58. The summed E-state index contributed by atoms with van der Waals surface area (Å²) in [7, 11) is 0. The molecule has 3 fully saturated rings. The summed E-state index contributed by atoms with van der Waals surface area (Å²) in [6.45, 7) is 9.93. The van der Waals surface area contributed by atoms with Crippen LogP contribution in [0.2, 0.25) is 0 Å². The van der Waals surface area contributed by atoms with Crippen LogP contribution in [0.25, 0.3) is 0 Å². The molecule has 0 bridgehead atoms. The Morgan fingerprint density at radius 2 is 1.21 bits per heavy atom. The maximum Gasteiger partial charge on any atom is 0.306 e. The van der Waals surface area contributed by atoms with Gasteiger partial charge in [-0.1, -0.05) is 168 Å². The van der Waals surface area contributed by atoms with Crippen LogP contribution in [0.3, 0.4) is 0 Å². The van der Waals surface area contributed by atoms with Crippen molar-refractivity contribution in [1.82, 2.24) is 0 Å². The first-order valence-corrected chi connectivity index (χ1v) is 21.8. The van der Waals surface area contributed by atoms with Crippen LogP contribution < -0.4 is 0 Å². The van der Waals surface area contributed by atoms with Crippen molar-refractivity contribution in [1.29, 1.82) is 0 Å². The second-order valence-electron chi connectivity index (χ2n) is 17.7. The van der Waals surface area contributed by atoms with E-state index in [4.69, 9.17) is 4.74 Å². The fraction of sp³-hybridized carbons (Fsp3) is 0.933. The molecular weight excluding hydrogens is 572 g/mol. The molecule has 0 aliphatic heterocycles. The highest BCUT2D eigenvalue weighted by atomic mass is 16.5. The van der Waals surface area contributed by atoms with E-state index in [-0.39, 0.29) is 12.1 Å². The predicted molar refractivity (Wildman–Crippen MR) is 203 cm³/mol. The van der Waals surface area contributed by atoms with E-state index in [2.05, 4.69) is 33.8 Å². The molecule has 0 N–H and O–H groups in total. The molecule has 4 rings (SSSR count). The lowest BCUT2D eigenvalue weighted by molar-refractivity contribution is -0.151. The number of carbonyl (C=O) groups is 1. The largest absolute Gasteiger partial charge is 0.462 e. The molecule has 0 spiro atoms. The molecule has 0 aromatic carbocycles. The molecule has 0 radical (unpaired) electrons. The third-order valence-corrected chi connectivity index (χ3v) is 14.4. The Morgan fingerprint density at radius 3 is 1.81 bits per heavy atom. The van der Waals surface area contributed by atoms with Gasteiger partial charge in [0.15, 0.2) is 0 Å². The average molecular weight is 653 g/mol. The fourth-order valence-electron chi connectivity index (χ4n) is 11.4. The van der Waals surface area contributed by atoms with Crippen LogP contribution in [0.15, 0.2) is 11.6 Å². The predicted octanol–water partition coefficient (Wildman–Crippen LogP) is 14.5. The lowest BCUT2D eigenvalue weighted by atomic mass is 9.47. The van der Waals surface area contributed by atoms with Crippen LogP contribution in [0.1, 0.15) is 227 Å². The molecular formula is C45H80O2. The van der Waals surface area contributed by atoms with E-state index in [0.717, 1.165) is 42.9 Å². The first-order chi connectivity index (χ1) is 22.9. The summed E-state index contributed by atoms with van der Waals surface area (Å²) < 4.78 is 6.13. The van der Waals surface area contributed by atoms with Gasteiger partial charge in [0, 0.05) is 12.8 Å². The van der Waals surface area contributed by atoms with Crippen LogP contribution >= 0.6 is 0 Å². The number of fused-ring (bicyclic) bond motifs is 5.